The van der Waals surface area contributed by atoms with Crippen molar-refractivity contribution < 1.29 is 13.9 Å². The molecule has 0 radical (unpaired) electrons. The highest BCUT2D eigenvalue weighted by atomic mass is 19.1. The van der Waals surface area contributed by atoms with Gasteiger partial charge < -0.3 is 15.4 Å². The summed E-state index contributed by atoms with van der Waals surface area (Å²) >= 11 is 0. The van der Waals surface area contributed by atoms with Crippen LogP contribution >= 0.6 is 0 Å². The van der Waals surface area contributed by atoms with Crippen LogP contribution in [0.1, 0.15) is 21.5 Å². The van der Waals surface area contributed by atoms with Gasteiger partial charge in [0.25, 0.3) is 5.91 Å². The minimum atomic E-state index is -0.313. The Morgan fingerprint density at radius 1 is 1.23 bits per heavy atom. The SMILES string of the molecule is O=C(Nc1cnc(NCc2c(F)ccc3c2CCO3)n2cnnc12)c1ccncc1. The van der Waals surface area contributed by atoms with Crippen molar-refractivity contribution in [3.05, 3.63) is 71.7 Å². The van der Waals surface area contributed by atoms with Crippen molar-refractivity contribution in [3.8, 4) is 5.75 Å². The number of carbonyl (C=O) groups is 1. The summed E-state index contributed by atoms with van der Waals surface area (Å²) < 4.78 is 21.5. The zero-order chi connectivity index (χ0) is 20.5. The molecule has 0 spiro atoms. The van der Waals surface area contributed by atoms with E-state index in [0.717, 1.165) is 5.56 Å². The number of ether oxygens (including phenoxy) is 1. The number of amides is 1. The monoisotopic (exact) mass is 405 g/mol. The van der Waals surface area contributed by atoms with E-state index in [4.69, 9.17) is 4.74 Å². The number of rotatable bonds is 5. The summed E-state index contributed by atoms with van der Waals surface area (Å²) in [6.45, 7) is 0.771. The molecule has 4 heterocycles. The zero-order valence-corrected chi connectivity index (χ0v) is 15.7. The van der Waals surface area contributed by atoms with Crippen LogP contribution in [0.4, 0.5) is 16.0 Å². The Kier molecular flexibility index (Phi) is 4.43. The van der Waals surface area contributed by atoms with Crippen LogP contribution < -0.4 is 15.4 Å². The van der Waals surface area contributed by atoms with Crippen molar-refractivity contribution in [1.29, 1.82) is 0 Å². The summed E-state index contributed by atoms with van der Waals surface area (Å²) in [7, 11) is 0. The number of pyridine rings is 1. The molecule has 1 aromatic carbocycles. The molecule has 0 aliphatic carbocycles. The molecule has 4 aromatic rings. The first-order chi connectivity index (χ1) is 14.7. The number of carbonyl (C=O) groups excluding carboxylic acids is 1. The molecule has 0 fully saturated rings. The molecule has 10 heteroatoms. The highest BCUT2D eigenvalue weighted by molar-refractivity contribution is 6.05. The molecule has 0 bridgehead atoms. The minimum Gasteiger partial charge on any atom is -0.493 e. The van der Waals surface area contributed by atoms with E-state index in [2.05, 4.69) is 30.8 Å². The van der Waals surface area contributed by atoms with Gasteiger partial charge in [-0.1, -0.05) is 0 Å². The zero-order valence-electron chi connectivity index (χ0n) is 15.7. The lowest BCUT2D eigenvalue weighted by Gasteiger charge is -2.13. The number of benzene rings is 1. The molecular weight excluding hydrogens is 389 g/mol. The normalized spacial score (nSPS) is 12.4. The maximum Gasteiger partial charge on any atom is 0.255 e. The smallest absolute Gasteiger partial charge is 0.255 e. The Bertz CT molecular complexity index is 1240. The third-order valence-electron chi connectivity index (χ3n) is 4.89. The topological polar surface area (TPSA) is 106 Å². The van der Waals surface area contributed by atoms with Crippen molar-refractivity contribution in [3.63, 3.8) is 0 Å². The van der Waals surface area contributed by atoms with Crippen LogP contribution in [-0.4, -0.2) is 37.1 Å². The summed E-state index contributed by atoms with van der Waals surface area (Å²) in [5, 5.41) is 13.9. The molecule has 150 valence electrons. The van der Waals surface area contributed by atoms with Crippen molar-refractivity contribution >= 4 is 23.2 Å². The van der Waals surface area contributed by atoms with Gasteiger partial charge in [-0.05, 0) is 24.3 Å². The third kappa shape index (κ3) is 3.17. The van der Waals surface area contributed by atoms with Crippen molar-refractivity contribution in [1.82, 2.24) is 24.6 Å². The van der Waals surface area contributed by atoms with E-state index >= 15 is 0 Å². The number of hydrogen-bond donors (Lipinski definition) is 2. The highest BCUT2D eigenvalue weighted by Crippen LogP contribution is 2.30. The molecule has 2 N–H and O–H groups in total. The summed E-state index contributed by atoms with van der Waals surface area (Å²) in [6, 6.07) is 6.27. The van der Waals surface area contributed by atoms with E-state index < -0.39 is 0 Å². The van der Waals surface area contributed by atoms with E-state index in [1.807, 2.05) is 0 Å². The number of aromatic nitrogens is 5. The third-order valence-corrected chi connectivity index (χ3v) is 4.89. The van der Waals surface area contributed by atoms with Crippen LogP contribution in [0.25, 0.3) is 5.65 Å². The van der Waals surface area contributed by atoms with Crippen molar-refractivity contribution in [2.45, 2.75) is 13.0 Å². The summed E-state index contributed by atoms with van der Waals surface area (Å²) in [5.74, 6) is 0.525. The second-order valence-electron chi connectivity index (χ2n) is 6.66. The first kappa shape index (κ1) is 18.0. The molecule has 1 amide bonds. The van der Waals surface area contributed by atoms with Gasteiger partial charge in [0, 0.05) is 42.0 Å². The van der Waals surface area contributed by atoms with Gasteiger partial charge in [-0.25, -0.2) is 13.8 Å². The number of nitrogens with one attached hydrogen (secondary N) is 2. The van der Waals surface area contributed by atoms with Crippen LogP contribution in [0, 0.1) is 5.82 Å². The Morgan fingerprint density at radius 2 is 2.10 bits per heavy atom. The molecule has 3 aromatic heterocycles. The number of nitrogens with zero attached hydrogens (tertiary/aromatic N) is 5. The maximum absolute atomic E-state index is 14.4. The number of halogens is 1. The standard InChI is InChI=1S/C20H16FN7O2/c21-15-1-2-17-13(5-8-30-17)14(15)9-23-20-24-10-16(18-27-25-11-28(18)20)26-19(29)12-3-6-22-7-4-12/h1-4,6-7,10-11H,5,8-9H2,(H,23,24)(H,26,29). The average molecular weight is 405 g/mol. The lowest BCUT2D eigenvalue weighted by atomic mass is 10.0. The Balaban J connectivity index is 1.40. The van der Waals surface area contributed by atoms with Gasteiger partial charge in [-0.2, -0.15) is 0 Å². The van der Waals surface area contributed by atoms with Gasteiger partial charge in [0.2, 0.25) is 5.95 Å². The van der Waals surface area contributed by atoms with Crippen LogP contribution in [-0.2, 0) is 13.0 Å². The molecule has 1 aliphatic rings. The first-order valence-electron chi connectivity index (χ1n) is 9.28. The second kappa shape index (κ2) is 7.39. The Morgan fingerprint density at radius 3 is 2.97 bits per heavy atom. The quantitative estimate of drug-likeness (QED) is 0.525. The lowest BCUT2D eigenvalue weighted by Crippen LogP contribution is -2.14. The first-order valence-corrected chi connectivity index (χ1v) is 9.28. The molecule has 9 nitrogen and oxygen atoms in total. The molecule has 0 saturated heterocycles. The Hall–Kier alpha value is -4.08. The van der Waals surface area contributed by atoms with Crippen LogP contribution in [0.3, 0.4) is 0 Å². The van der Waals surface area contributed by atoms with Gasteiger partial charge in [0.1, 0.15) is 23.6 Å². The number of fused-ring (bicyclic) bond motifs is 2. The summed E-state index contributed by atoms with van der Waals surface area (Å²) in [6.07, 6.45) is 6.70. The summed E-state index contributed by atoms with van der Waals surface area (Å²) in [4.78, 5) is 20.7. The van der Waals surface area contributed by atoms with E-state index in [1.165, 1.54) is 31.0 Å². The molecular formula is C20H16FN7O2. The Labute approximate surface area is 170 Å². The van der Waals surface area contributed by atoms with E-state index in [1.54, 1.807) is 22.6 Å². The maximum atomic E-state index is 14.4. The van der Waals surface area contributed by atoms with E-state index in [-0.39, 0.29) is 18.3 Å². The summed E-state index contributed by atoms with van der Waals surface area (Å²) in [5.41, 5.74) is 2.68. The van der Waals surface area contributed by atoms with Crippen LogP contribution in [0.5, 0.6) is 5.75 Å². The van der Waals surface area contributed by atoms with Gasteiger partial charge in [0.05, 0.1) is 12.8 Å². The second-order valence-corrected chi connectivity index (χ2v) is 6.66. The fourth-order valence-corrected chi connectivity index (χ4v) is 3.41. The predicted octanol–water partition coefficient (Wildman–Crippen LogP) is 2.46. The van der Waals surface area contributed by atoms with Crippen LogP contribution in [0.15, 0.2) is 49.2 Å². The fourth-order valence-electron chi connectivity index (χ4n) is 3.41. The highest BCUT2D eigenvalue weighted by Gasteiger charge is 2.20. The van der Waals surface area contributed by atoms with E-state index in [0.29, 0.717) is 47.2 Å². The number of hydrogen-bond acceptors (Lipinski definition) is 7. The molecule has 0 saturated carbocycles. The molecule has 0 atom stereocenters. The van der Waals surface area contributed by atoms with Crippen molar-refractivity contribution in [2.75, 3.05) is 17.2 Å². The van der Waals surface area contributed by atoms with Gasteiger partial charge in [-0.3, -0.25) is 9.78 Å². The van der Waals surface area contributed by atoms with Gasteiger partial charge in [-0.15, -0.1) is 10.2 Å². The average Bonchev–Trinajstić information content (AvgIpc) is 3.45. The molecule has 1 aliphatic heterocycles. The lowest BCUT2D eigenvalue weighted by molar-refractivity contribution is 0.102. The molecule has 30 heavy (non-hydrogen) atoms. The minimum absolute atomic E-state index is 0.224. The molecule has 0 unspecified atom stereocenters. The largest absolute Gasteiger partial charge is 0.493 e. The predicted molar refractivity (Wildman–Crippen MR) is 106 cm³/mol. The van der Waals surface area contributed by atoms with Gasteiger partial charge in [0.15, 0.2) is 5.65 Å². The van der Waals surface area contributed by atoms with Crippen LogP contribution in [0.2, 0.25) is 0 Å². The fraction of sp³-hybridized carbons (Fsp3) is 0.150. The molecule has 5 rings (SSSR count). The van der Waals surface area contributed by atoms with E-state index in [9.17, 15) is 9.18 Å². The van der Waals surface area contributed by atoms with Crippen molar-refractivity contribution in [2.24, 2.45) is 0 Å². The van der Waals surface area contributed by atoms with Gasteiger partial charge >= 0.3 is 0 Å². The number of anilines is 2.